The quantitative estimate of drug-likeness (QED) is 0.551. The fraction of sp³-hybridized carbons (Fsp3) is 0.143. The fourth-order valence-electron chi connectivity index (χ4n) is 2.14. The normalized spacial score (nSPS) is 12.2. The number of hydrogen-bond acceptors (Lipinski definition) is 7. The van der Waals surface area contributed by atoms with E-state index in [0.717, 1.165) is 13.4 Å². The first-order valence-corrected chi connectivity index (χ1v) is 9.97. The molecule has 0 bridgehead atoms. The molecule has 0 aliphatic carbocycles. The zero-order valence-electron chi connectivity index (χ0n) is 12.9. The SMILES string of the molecule is COS(=O)(=O)c1ccc(-c2cc(S(C)(=O)=O)ccc2B(O)O)cc1. The van der Waals surface area contributed by atoms with E-state index in [4.69, 9.17) is 0 Å². The van der Waals surface area contributed by atoms with Crippen LogP contribution in [-0.4, -0.2) is 47.4 Å². The van der Waals surface area contributed by atoms with Crippen LogP contribution in [0.15, 0.2) is 52.3 Å². The van der Waals surface area contributed by atoms with Crippen molar-refractivity contribution in [3.05, 3.63) is 42.5 Å². The second kappa shape index (κ2) is 6.65. The van der Waals surface area contributed by atoms with Crippen LogP contribution in [0, 0.1) is 0 Å². The highest BCUT2D eigenvalue weighted by Crippen LogP contribution is 2.23. The molecule has 2 rings (SSSR count). The van der Waals surface area contributed by atoms with Crippen molar-refractivity contribution >= 4 is 32.5 Å². The lowest BCUT2D eigenvalue weighted by Gasteiger charge is -2.12. The lowest BCUT2D eigenvalue weighted by atomic mass is 9.75. The number of hydrogen-bond donors (Lipinski definition) is 2. The van der Waals surface area contributed by atoms with Crippen molar-refractivity contribution in [2.45, 2.75) is 9.79 Å². The van der Waals surface area contributed by atoms with Gasteiger partial charge in [-0.25, -0.2) is 8.42 Å². The summed E-state index contributed by atoms with van der Waals surface area (Å²) in [5, 5.41) is 18.9. The molecule has 2 aromatic carbocycles. The highest BCUT2D eigenvalue weighted by Gasteiger charge is 2.20. The van der Waals surface area contributed by atoms with Gasteiger partial charge in [-0.1, -0.05) is 18.2 Å². The van der Waals surface area contributed by atoms with Crippen LogP contribution >= 0.6 is 0 Å². The van der Waals surface area contributed by atoms with E-state index >= 15 is 0 Å². The molecule has 0 saturated heterocycles. The maximum atomic E-state index is 11.7. The molecule has 0 heterocycles. The average Bonchev–Trinajstić information content (AvgIpc) is 2.53. The molecule has 0 amide bonds. The highest BCUT2D eigenvalue weighted by molar-refractivity contribution is 7.90. The van der Waals surface area contributed by atoms with Gasteiger partial charge in [-0.05, 0) is 40.9 Å². The molecular formula is C14H15BO7S2. The van der Waals surface area contributed by atoms with Crippen molar-refractivity contribution in [1.29, 1.82) is 0 Å². The highest BCUT2D eigenvalue weighted by atomic mass is 32.2. The van der Waals surface area contributed by atoms with Crippen molar-refractivity contribution in [2.75, 3.05) is 13.4 Å². The molecule has 0 aliphatic heterocycles. The van der Waals surface area contributed by atoms with E-state index in [9.17, 15) is 26.9 Å². The summed E-state index contributed by atoms with van der Waals surface area (Å²) >= 11 is 0. The monoisotopic (exact) mass is 370 g/mol. The van der Waals surface area contributed by atoms with Crippen LogP contribution in [0.25, 0.3) is 11.1 Å². The standard InChI is InChI=1S/C14H15BO7S2/c1-22-24(20,21)11-5-3-10(4-6-11)13-9-12(23(2,18)19)7-8-14(13)15(16)17/h3-9,16-17H,1-2H3. The maximum Gasteiger partial charge on any atom is 0.489 e. The minimum Gasteiger partial charge on any atom is -0.423 e. The Bertz CT molecular complexity index is 949. The topological polar surface area (TPSA) is 118 Å². The zero-order chi connectivity index (χ0) is 18.1. The largest absolute Gasteiger partial charge is 0.489 e. The van der Waals surface area contributed by atoms with Gasteiger partial charge >= 0.3 is 7.12 Å². The molecule has 2 aromatic rings. The Labute approximate surface area is 140 Å². The lowest BCUT2D eigenvalue weighted by Crippen LogP contribution is -2.31. The number of benzene rings is 2. The molecule has 0 saturated carbocycles. The summed E-state index contributed by atoms with van der Waals surface area (Å²) in [4.78, 5) is -0.0606. The molecule has 24 heavy (non-hydrogen) atoms. The molecular weight excluding hydrogens is 355 g/mol. The van der Waals surface area contributed by atoms with E-state index in [0.29, 0.717) is 5.56 Å². The van der Waals surface area contributed by atoms with Gasteiger partial charge in [0.05, 0.1) is 16.9 Å². The van der Waals surface area contributed by atoms with Gasteiger partial charge in [-0.3, -0.25) is 4.18 Å². The molecule has 128 valence electrons. The van der Waals surface area contributed by atoms with Crippen molar-refractivity contribution in [3.63, 3.8) is 0 Å². The number of rotatable bonds is 5. The summed E-state index contributed by atoms with van der Waals surface area (Å²) in [5.74, 6) is 0. The minimum atomic E-state index is -3.85. The van der Waals surface area contributed by atoms with Crippen LogP contribution < -0.4 is 5.46 Å². The van der Waals surface area contributed by atoms with Crippen LogP contribution in [0.2, 0.25) is 0 Å². The van der Waals surface area contributed by atoms with Crippen LogP contribution in [0.1, 0.15) is 0 Å². The van der Waals surface area contributed by atoms with Crippen molar-refractivity contribution in [1.82, 2.24) is 0 Å². The number of sulfone groups is 1. The molecule has 0 unspecified atom stereocenters. The first-order chi connectivity index (χ1) is 11.1. The molecule has 0 fully saturated rings. The van der Waals surface area contributed by atoms with Crippen LogP contribution in [0.5, 0.6) is 0 Å². The van der Waals surface area contributed by atoms with Gasteiger partial charge in [0.25, 0.3) is 10.1 Å². The lowest BCUT2D eigenvalue weighted by molar-refractivity contribution is 0.397. The Morgan fingerprint density at radius 2 is 1.46 bits per heavy atom. The Balaban J connectivity index is 2.62. The molecule has 0 atom stereocenters. The summed E-state index contributed by atoms with van der Waals surface area (Å²) in [6, 6.07) is 9.32. The molecule has 0 radical (unpaired) electrons. The summed E-state index contributed by atoms with van der Waals surface area (Å²) in [6.45, 7) is 0. The molecule has 0 spiro atoms. The first kappa shape index (κ1) is 18.6. The molecule has 0 aromatic heterocycles. The van der Waals surface area contributed by atoms with Crippen LogP contribution in [0.4, 0.5) is 0 Å². The Morgan fingerprint density at radius 1 is 0.917 bits per heavy atom. The summed E-state index contributed by atoms with van der Waals surface area (Å²) < 4.78 is 51.1. The average molecular weight is 370 g/mol. The second-order valence-corrected chi connectivity index (χ2v) is 8.77. The molecule has 2 N–H and O–H groups in total. The molecule has 10 heteroatoms. The third kappa shape index (κ3) is 3.85. The van der Waals surface area contributed by atoms with Crippen molar-refractivity contribution in [3.8, 4) is 11.1 Å². The summed E-state index contributed by atoms with van der Waals surface area (Å²) in [7, 11) is -8.11. The molecule has 7 nitrogen and oxygen atoms in total. The van der Waals surface area contributed by atoms with Crippen molar-refractivity contribution < 1.29 is 31.1 Å². The maximum absolute atomic E-state index is 11.7. The predicted molar refractivity (Wildman–Crippen MR) is 89.0 cm³/mol. The fourth-order valence-corrected chi connectivity index (χ4v) is 3.45. The van der Waals surface area contributed by atoms with E-state index in [2.05, 4.69) is 4.18 Å². The van der Waals surface area contributed by atoms with E-state index in [1.165, 1.54) is 42.5 Å². The predicted octanol–water partition coefficient (Wildman–Crippen LogP) is -0.228. The second-order valence-electron chi connectivity index (χ2n) is 5.04. The summed E-state index contributed by atoms with van der Waals surface area (Å²) in [6.07, 6.45) is 1.04. The van der Waals surface area contributed by atoms with Gasteiger partial charge in [0.2, 0.25) is 0 Å². The van der Waals surface area contributed by atoms with Crippen molar-refractivity contribution in [2.24, 2.45) is 0 Å². The first-order valence-electron chi connectivity index (χ1n) is 6.67. The van der Waals surface area contributed by atoms with E-state index in [1.54, 1.807) is 0 Å². The zero-order valence-corrected chi connectivity index (χ0v) is 14.5. The summed E-state index contributed by atoms with van der Waals surface area (Å²) in [5.41, 5.74) is 0.803. The van der Waals surface area contributed by atoms with Gasteiger partial charge in [0, 0.05) is 6.26 Å². The van der Waals surface area contributed by atoms with E-state index in [1.807, 2.05) is 0 Å². The Hall–Kier alpha value is -1.72. The van der Waals surface area contributed by atoms with Gasteiger partial charge in [0.1, 0.15) is 0 Å². The van der Waals surface area contributed by atoms with Gasteiger partial charge < -0.3 is 10.0 Å². The smallest absolute Gasteiger partial charge is 0.423 e. The van der Waals surface area contributed by atoms with Gasteiger partial charge in [0.15, 0.2) is 9.84 Å². The molecule has 0 aliphatic rings. The van der Waals surface area contributed by atoms with Gasteiger partial charge in [-0.15, -0.1) is 0 Å². The van der Waals surface area contributed by atoms with Gasteiger partial charge in [-0.2, -0.15) is 8.42 Å². The van der Waals surface area contributed by atoms with E-state index in [-0.39, 0.29) is 20.8 Å². The Kier molecular flexibility index (Phi) is 5.16. The van der Waals surface area contributed by atoms with Crippen LogP contribution in [0.3, 0.4) is 0 Å². The van der Waals surface area contributed by atoms with E-state index < -0.39 is 27.1 Å². The Morgan fingerprint density at radius 3 is 1.92 bits per heavy atom. The minimum absolute atomic E-state index is 0.00971. The van der Waals surface area contributed by atoms with Crippen LogP contribution in [-0.2, 0) is 24.1 Å². The third-order valence-corrected chi connectivity index (χ3v) is 5.80. The third-order valence-electron chi connectivity index (χ3n) is 3.40.